The van der Waals surface area contributed by atoms with E-state index in [0.29, 0.717) is 17.3 Å². The summed E-state index contributed by atoms with van der Waals surface area (Å²) in [5.74, 6) is 2.07. The van der Waals surface area contributed by atoms with Gasteiger partial charge in [-0.2, -0.15) is 0 Å². The van der Waals surface area contributed by atoms with Gasteiger partial charge in [0.1, 0.15) is 22.9 Å². The Morgan fingerprint density at radius 3 is 2.35 bits per heavy atom. The average Bonchev–Trinajstić information content (AvgIpc) is 2.73. The minimum atomic E-state index is 0.584. The molecule has 0 aliphatic carbocycles. The summed E-state index contributed by atoms with van der Waals surface area (Å²) in [4.78, 5) is 13.8. The molecule has 0 saturated heterocycles. The first kappa shape index (κ1) is 16.0. The third-order valence-electron chi connectivity index (χ3n) is 4.16. The van der Waals surface area contributed by atoms with Crippen molar-refractivity contribution in [3.63, 3.8) is 0 Å². The highest BCUT2D eigenvalue weighted by Gasteiger charge is 2.12. The van der Waals surface area contributed by atoms with Crippen LogP contribution >= 0.6 is 0 Å². The second kappa shape index (κ2) is 6.80. The molecule has 128 valence electrons. The monoisotopic (exact) mass is 343 g/mol. The van der Waals surface area contributed by atoms with E-state index in [-0.39, 0.29) is 0 Å². The fourth-order valence-electron chi connectivity index (χ4n) is 2.79. The zero-order chi connectivity index (χ0) is 17.9. The molecule has 0 amide bonds. The lowest BCUT2D eigenvalue weighted by Gasteiger charge is -2.10. The molecule has 0 N–H and O–H groups in total. The fourth-order valence-corrected chi connectivity index (χ4v) is 2.79. The van der Waals surface area contributed by atoms with Crippen molar-refractivity contribution in [3.8, 4) is 34.3 Å². The first-order chi connectivity index (χ1) is 12.8. The summed E-state index contributed by atoms with van der Waals surface area (Å²) in [7, 11) is 3.28. The van der Waals surface area contributed by atoms with Crippen molar-refractivity contribution >= 4 is 10.9 Å². The number of rotatable bonds is 4. The molecule has 2 aromatic carbocycles. The van der Waals surface area contributed by atoms with E-state index in [1.165, 1.54) is 0 Å². The molecule has 0 saturated carbocycles. The highest BCUT2D eigenvalue weighted by molar-refractivity contribution is 5.79. The van der Waals surface area contributed by atoms with Crippen LogP contribution in [-0.4, -0.2) is 29.2 Å². The number of pyridine rings is 1. The summed E-state index contributed by atoms with van der Waals surface area (Å²) in [6.45, 7) is 0. The smallest absolute Gasteiger partial charge is 0.178 e. The average molecular weight is 343 g/mol. The number of benzene rings is 2. The predicted octanol–water partition coefficient (Wildman–Crippen LogP) is 4.38. The van der Waals surface area contributed by atoms with Gasteiger partial charge in [0, 0.05) is 17.1 Å². The van der Waals surface area contributed by atoms with Gasteiger partial charge < -0.3 is 9.47 Å². The van der Waals surface area contributed by atoms with E-state index in [4.69, 9.17) is 14.5 Å². The number of methoxy groups -OCH3 is 2. The molecule has 4 aromatic rings. The number of hydrogen-bond donors (Lipinski definition) is 0. The Kier molecular flexibility index (Phi) is 4.19. The van der Waals surface area contributed by atoms with Crippen LogP contribution in [0.1, 0.15) is 0 Å². The molecule has 0 aliphatic rings. The van der Waals surface area contributed by atoms with Crippen LogP contribution in [0, 0.1) is 0 Å². The van der Waals surface area contributed by atoms with E-state index >= 15 is 0 Å². The van der Waals surface area contributed by atoms with E-state index in [0.717, 1.165) is 27.9 Å². The maximum atomic E-state index is 5.48. The van der Waals surface area contributed by atoms with Crippen LogP contribution in [0.4, 0.5) is 0 Å². The lowest BCUT2D eigenvalue weighted by molar-refractivity contribution is 0.413. The van der Waals surface area contributed by atoms with Crippen LogP contribution in [-0.2, 0) is 0 Å². The summed E-state index contributed by atoms with van der Waals surface area (Å²) < 4.78 is 10.7. The fraction of sp³-hybridized carbons (Fsp3) is 0.0952. The molecule has 0 unspecified atom stereocenters. The Balaban J connectivity index is 1.81. The Morgan fingerprint density at radius 2 is 1.58 bits per heavy atom. The molecule has 0 bridgehead atoms. The second-order valence-electron chi connectivity index (χ2n) is 5.73. The van der Waals surface area contributed by atoms with E-state index in [1.807, 2.05) is 66.9 Å². The highest BCUT2D eigenvalue weighted by atomic mass is 16.5. The predicted molar refractivity (Wildman–Crippen MR) is 101 cm³/mol. The van der Waals surface area contributed by atoms with E-state index in [1.54, 1.807) is 14.2 Å². The lowest BCUT2D eigenvalue weighted by atomic mass is 10.1. The molecule has 5 nitrogen and oxygen atoms in total. The molecule has 0 fully saturated rings. The molecule has 2 heterocycles. The van der Waals surface area contributed by atoms with Crippen molar-refractivity contribution in [1.29, 1.82) is 0 Å². The van der Waals surface area contributed by atoms with Crippen molar-refractivity contribution in [1.82, 2.24) is 15.0 Å². The van der Waals surface area contributed by atoms with Gasteiger partial charge in [0.15, 0.2) is 5.82 Å². The number of para-hydroxylation sites is 1. The van der Waals surface area contributed by atoms with Gasteiger partial charge in [0.05, 0.1) is 19.7 Å². The minimum Gasteiger partial charge on any atom is -0.497 e. The van der Waals surface area contributed by atoms with Crippen molar-refractivity contribution < 1.29 is 9.47 Å². The SMILES string of the molecule is COc1ccc(-c2nc(-c3ncc4ccccc4n3)ccc2OC)cc1. The Hall–Kier alpha value is -3.47. The summed E-state index contributed by atoms with van der Waals surface area (Å²) in [5, 5.41) is 1.00. The molecule has 0 spiro atoms. The molecule has 2 aromatic heterocycles. The summed E-state index contributed by atoms with van der Waals surface area (Å²) in [6.07, 6.45) is 1.82. The maximum Gasteiger partial charge on any atom is 0.178 e. The first-order valence-electron chi connectivity index (χ1n) is 8.20. The van der Waals surface area contributed by atoms with Crippen LogP contribution in [0.25, 0.3) is 33.7 Å². The highest BCUT2D eigenvalue weighted by Crippen LogP contribution is 2.31. The maximum absolute atomic E-state index is 5.48. The Labute approximate surface area is 151 Å². The summed E-state index contributed by atoms with van der Waals surface area (Å²) in [5.41, 5.74) is 3.26. The molecule has 0 radical (unpaired) electrons. The number of aromatic nitrogens is 3. The van der Waals surface area contributed by atoms with Crippen molar-refractivity contribution in [3.05, 3.63) is 66.9 Å². The van der Waals surface area contributed by atoms with Gasteiger partial charge in [-0.15, -0.1) is 0 Å². The minimum absolute atomic E-state index is 0.584. The van der Waals surface area contributed by atoms with Gasteiger partial charge in [-0.05, 0) is 42.5 Å². The second-order valence-corrected chi connectivity index (χ2v) is 5.73. The standard InChI is InChI=1S/C21H17N3O2/c1-25-16-9-7-14(8-10-16)20-19(26-2)12-11-18(23-20)21-22-13-15-5-3-4-6-17(15)24-21/h3-13H,1-2H3. The zero-order valence-corrected chi connectivity index (χ0v) is 14.5. The topological polar surface area (TPSA) is 57.1 Å². The molecule has 4 rings (SSSR count). The molecule has 0 atom stereocenters. The summed E-state index contributed by atoms with van der Waals surface area (Å²) >= 11 is 0. The number of fused-ring (bicyclic) bond motifs is 1. The zero-order valence-electron chi connectivity index (χ0n) is 14.5. The molecule has 26 heavy (non-hydrogen) atoms. The van der Waals surface area contributed by atoms with E-state index in [9.17, 15) is 0 Å². The van der Waals surface area contributed by atoms with Crippen LogP contribution in [0.5, 0.6) is 11.5 Å². The van der Waals surface area contributed by atoms with Gasteiger partial charge in [0.25, 0.3) is 0 Å². The van der Waals surface area contributed by atoms with E-state index < -0.39 is 0 Å². The third kappa shape index (κ3) is 2.95. The number of hydrogen-bond acceptors (Lipinski definition) is 5. The van der Waals surface area contributed by atoms with Gasteiger partial charge >= 0.3 is 0 Å². The van der Waals surface area contributed by atoms with Crippen LogP contribution in [0.3, 0.4) is 0 Å². The van der Waals surface area contributed by atoms with Gasteiger partial charge in [-0.3, -0.25) is 0 Å². The van der Waals surface area contributed by atoms with Gasteiger partial charge in [-0.1, -0.05) is 18.2 Å². The van der Waals surface area contributed by atoms with Gasteiger partial charge in [-0.25, -0.2) is 15.0 Å². The normalized spacial score (nSPS) is 10.7. The number of ether oxygens (including phenoxy) is 2. The van der Waals surface area contributed by atoms with Crippen molar-refractivity contribution in [2.75, 3.05) is 14.2 Å². The first-order valence-corrected chi connectivity index (χ1v) is 8.20. The molecular weight excluding hydrogens is 326 g/mol. The summed E-state index contributed by atoms with van der Waals surface area (Å²) in [6, 6.07) is 19.4. The van der Waals surface area contributed by atoms with Crippen LogP contribution in [0.2, 0.25) is 0 Å². The van der Waals surface area contributed by atoms with Crippen molar-refractivity contribution in [2.24, 2.45) is 0 Å². The van der Waals surface area contributed by atoms with Gasteiger partial charge in [0.2, 0.25) is 0 Å². The molecule has 5 heteroatoms. The lowest BCUT2D eigenvalue weighted by Crippen LogP contribution is -1.97. The number of nitrogens with zero attached hydrogens (tertiary/aromatic N) is 3. The Morgan fingerprint density at radius 1 is 0.769 bits per heavy atom. The molecular formula is C21H17N3O2. The van der Waals surface area contributed by atoms with E-state index in [2.05, 4.69) is 9.97 Å². The van der Waals surface area contributed by atoms with Crippen molar-refractivity contribution in [2.45, 2.75) is 0 Å². The third-order valence-corrected chi connectivity index (χ3v) is 4.16. The largest absolute Gasteiger partial charge is 0.497 e. The quantitative estimate of drug-likeness (QED) is 0.550. The van der Waals surface area contributed by atoms with Crippen LogP contribution < -0.4 is 9.47 Å². The Bertz CT molecular complexity index is 1060. The molecule has 0 aliphatic heterocycles. The van der Waals surface area contributed by atoms with Crippen LogP contribution in [0.15, 0.2) is 66.9 Å².